The lowest BCUT2D eigenvalue weighted by Gasteiger charge is -2.08. The minimum absolute atomic E-state index is 0.895. The van der Waals surface area contributed by atoms with E-state index in [1.165, 1.54) is 0 Å². The van der Waals surface area contributed by atoms with Gasteiger partial charge < -0.3 is 5.43 Å². The van der Waals surface area contributed by atoms with E-state index < -0.39 is 0 Å². The van der Waals surface area contributed by atoms with E-state index in [9.17, 15) is 0 Å². The summed E-state index contributed by atoms with van der Waals surface area (Å²) in [5.41, 5.74) is 5.60. The number of nitrogens with two attached hydrogens (primary N) is 1. The number of hydrogen-bond acceptors (Lipinski definition) is 3. The van der Waals surface area contributed by atoms with E-state index in [2.05, 4.69) is 33.3 Å². The summed E-state index contributed by atoms with van der Waals surface area (Å²) in [6.45, 7) is 2.07. The van der Waals surface area contributed by atoms with Crippen LogP contribution in [0, 0.1) is 0 Å². The fraction of sp³-hybridized carbons (Fsp3) is 0.182. The van der Waals surface area contributed by atoms with Gasteiger partial charge in [-0.3, -0.25) is 10.8 Å². The van der Waals surface area contributed by atoms with E-state index >= 15 is 0 Å². The molecular weight excluding hydrogens is 254 g/mol. The van der Waals surface area contributed by atoms with Gasteiger partial charge in [0.25, 0.3) is 0 Å². The number of halogens is 1. The molecule has 0 aliphatic heterocycles. The van der Waals surface area contributed by atoms with Gasteiger partial charge in [0.1, 0.15) is 0 Å². The highest BCUT2D eigenvalue weighted by Gasteiger charge is 2.06. The summed E-state index contributed by atoms with van der Waals surface area (Å²) >= 11 is 3.49. The lowest BCUT2D eigenvalue weighted by Crippen LogP contribution is -2.08. The van der Waals surface area contributed by atoms with Gasteiger partial charge in [-0.25, -0.2) is 0 Å². The first-order valence-corrected chi connectivity index (χ1v) is 5.60. The second kappa shape index (κ2) is 4.16. The Bertz CT molecular complexity index is 496. The molecule has 0 saturated heterocycles. The van der Waals surface area contributed by atoms with Gasteiger partial charge in [-0.2, -0.15) is 0 Å². The van der Waals surface area contributed by atoms with Crippen molar-refractivity contribution in [3.8, 4) is 0 Å². The molecule has 0 amide bonds. The maximum Gasteiger partial charge on any atom is 0.0868 e. The highest BCUT2D eigenvalue weighted by molar-refractivity contribution is 9.10. The third-order valence-corrected chi connectivity index (χ3v) is 3.00. The summed E-state index contributed by atoms with van der Waals surface area (Å²) < 4.78 is 0.992. The van der Waals surface area contributed by atoms with Crippen LogP contribution in [-0.4, -0.2) is 4.98 Å². The first kappa shape index (κ1) is 10.4. The maximum atomic E-state index is 5.50. The first-order chi connectivity index (χ1) is 7.26. The molecule has 0 atom stereocenters. The minimum atomic E-state index is 0.895. The van der Waals surface area contributed by atoms with Gasteiger partial charge in [0.2, 0.25) is 0 Å². The lowest BCUT2D eigenvalue weighted by atomic mass is 10.1. The Morgan fingerprint density at radius 2 is 2.27 bits per heavy atom. The molecule has 3 nitrogen and oxygen atoms in total. The molecule has 1 aromatic heterocycles. The largest absolute Gasteiger partial charge is 0.323 e. The van der Waals surface area contributed by atoms with Gasteiger partial charge >= 0.3 is 0 Å². The van der Waals surface area contributed by atoms with E-state index in [1.807, 2.05) is 24.3 Å². The topological polar surface area (TPSA) is 50.9 Å². The van der Waals surface area contributed by atoms with Crippen LogP contribution >= 0.6 is 15.9 Å². The predicted molar refractivity (Wildman–Crippen MR) is 66.6 cm³/mol. The quantitative estimate of drug-likeness (QED) is 0.649. The number of nitrogen functional groups attached to an aromatic ring is 1. The third-order valence-electron chi connectivity index (χ3n) is 2.36. The van der Waals surface area contributed by atoms with Crippen LogP contribution in [0.1, 0.15) is 12.6 Å². The van der Waals surface area contributed by atoms with Gasteiger partial charge in [0.05, 0.1) is 11.2 Å². The second-order valence-corrected chi connectivity index (χ2v) is 4.15. The Kier molecular flexibility index (Phi) is 2.88. The highest BCUT2D eigenvalue weighted by atomic mass is 79.9. The van der Waals surface area contributed by atoms with Gasteiger partial charge in [-0.1, -0.05) is 19.1 Å². The molecule has 3 N–H and O–H groups in total. The van der Waals surface area contributed by atoms with E-state index in [0.29, 0.717) is 0 Å². The maximum absolute atomic E-state index is 5.50. The molecule has 0 bridgehead atoms. The Labute approximate surface area is 96.8 Å². The average Bonchev–Trinajstić information content (AvgIpc) is 2.28. The summed E-state index contributed by atoms with van der Waals surface area (Å²) in [7, 11) is 0. The van der Waals surface area contributed by atoms with Gasteiger partial charge in [0, 0.05) is 15.6 Å². The molecule has 15 heavy (non-hydrogen) atoms. The molecule has 2 rings (SSSR count). The molecule has 4 heteroatoms. The van der Waals surface area contributed by atoms with Crippen molar-refractivity contribution < 1.29 is 0 Å². The molecule has 2 aromatic rings. The van der Waals surface area contributed by atoms with Crippen LogP contribution < -0.4 is 11.3 Å². The minimum Gasteiger partial charge on any atom is -0.323 e. The van der Waals surface area contributed by atoms with E-state index in [4.69, 9.17) is 5.84 Å². The fourth-order valence-corrected chi connectivity index (χ4v) is 2.02. The number of aryl methyl sites for hydroxylation is 1. The number of para-hydroxylation sites is 1. The van der Waals surface area contributed by atoms with Crippen LogP contribution in [0.3, 0.4) is 0 Å². The van der Waals surface area contributed by atoms with Crippen molar-refractivity contribution in [2.24, 2.45) is 5.84 Å². The van der Waals surface area contributed by atoms with Crippen molar-refractivity contribution in [1.29, 1.82) is 0 Å². The molecule has 0 fully saturated rings. The van der Waals surface area contributed by atoms with Crippen molar-refractivity contribution >= 4 is 32.5 Å². The zero-order valence-electron chi connectivity index (χ0n) is 8.42. The standard InChI is InChI=1S/C11H12BrN3/c1-2-7-6-10(15-13)8-4-3-5-9(12)11(8)14-7/h3-6H,2,13H2,1H3,(H,14,15). The summed E-state index contributed by atoms with van der Waals surface area (Å²) in [6.07, 6.45) is 0.895. The number of fused-ring (bicyclic) bond motifs is 1. The van der Waals surface area contributed by atoms with Crippen LogP contribution in [0.15, 0.2) is 28.7 Å². The average molecular weight is 266 g/mol. The van der Waals surface area contributed by atoms with E-state index in [0.717, 1.165) is 33.2 Å². The van der Waals surface area contributed by atoms with E-state index in [1.54, 1.807) is 0 Å². The number of pyridine rings is 1. The third kappa shape index (κ3) is 1.82. The van der Waals surface area contributed by atoms with Crippen LogP contribution in [0.2, 0.25) is 0 Å². The summed E-state index contributed by atoms with van der Waals surface area (Å²) in [6, 6.07) is 7.94. The molecule has 1 aromatic carbocycles. The predicted octanol–water partition coefficient (Wildman–Crippen LogP) is 2.85. The van der Waals surface area contributed by atoms with Crippen molar-refractivity contribution in [2.45, 2.75) is 13.3 Å². The number of hydrogen-bond donors (Lipinski definition) is 2. The van der Waals surface area contributed by atoms with Crippen molar-refractivity contribution in [2.75, 3.05) is 5.43 Å². The van der Waals surface area contributed by atoms with Crippen molar-refractivity contribution in [1.82, 2.24) is 4.98 Å². The Morgan fingerprint density at radius 1 is 1.47 bits per heavy atom. The van der Waals surface area contributed by atoms with Gasteiger partial charge in [-0.05, 0) is 34.5 Å². The summed E-state index contributed by atoms with van der Waals surface area (Å²) in [5, 5.41) is 1.03. The van der Waals surface area contributed by atoms with Crippen LogP contribution in [0.4, 0.5) is 5.69 Å². The molecule has 0 radical (unpaired) electrons. The SMILES string of the molecule is CCc1cc(NN)c2cccc(Br)c2n1. The van der Waals surface area contributed by atoms with Crippen LogP contribution in [0.25, 0.3) is 10.9 Å². The lowest BCUT2D eigenvalue weighted by molar-refractivity contribution is 1.05. The summed E-state index contributed by atoms with van der Waals surface area (Å²) in [5.74, 6) is 5.50. The van der Waals surface area contributed by atoms with Crippen molar-refractivity contribution in [3.63, 3.8) is 0 Å². The Balaban J connectivity index is 2.80. The Morgan fingerprint density at radius 3 is 2.93 bits per heavy atom. The number of aromatic nitrogens is 1. The number of nitrogens with one attached hydrogen (secondary N) is 1. The molecule has 0 aliphatic carbocycles. The number of nitrogens with zero attached hydrogens (tertiary/aromatic N) is 1. The number of rotatable bonds is 2. The van der Waals surface area contributed by atoms with Crippen LogP contribution in [-0.2, 0) is 6.42 Å². The Hall–Kier alpha value is -1.13. The monoisotopic (exact) mass is 265 g/mol. The molecule has 0 spiro atoms. The zero-order valence-corrected chi connectivity index (χ0v) is 10.0. The highest BCUT2D eigenvalue weighted by Crippen LogP contribution is 2.28. The summed E-state index contributed by atoms with van der Waals surface area (Å²) in [4.78, 5) is 4.56. The number of benzene rings is 1. The van der Waals surface area contributed by atoms with Gasteiger partial charge in [-0.15, -0.1) is 0 Å². The van der Waals surface area contributed by atoms with Gasteiger partial charge in [0.15, 0.2) is 0 Å². The van der Waals surface area contributed by atoms with Crippen LogP contribution in [0.5, 0.6) is 0 Å². The fourth-order valence-electron chi connectivity index (χ4n) is 1.57. The second-order valence-electron chi connectivity index (χ2n) is 3.30. The molecule has 0 aliphatic rings. The molecular formula is C11H12BrN3. The zero-order chi connectivity index (χ0) is 10.8. The smallest absolute Gasteiger partial charge is 0.0868 e. The molecule has 0 saturated carbocycles. The van der Waals surface area contributed by atoms with E-state index in [-0.39, 0.29) is 0 Å². The molecule has 1 heterocycles. The molecule has 0 unspecified atom stereocenters. The number of hydrazine groups is 1. The molecule has 78 valence electrons. The van der Waals surface area contributed by atoms with Crippen molar-refractivity contribution in [3.05, 3.63) is 34.4 Å². The number of anilines is 1. The first-order valence-electron chi connectivity index (χ1n) is 4.81. The normalized spacial score (nSPS) is 10.6.